The van der Waals surface area contributed by atoms with Crippen LogP contribution in [0.5, 0.6) is 0 Å². The van der Waals surface area contributed by atoms with Crippen LogP contribution in [0.3, 0.4) is 0 Å². The quantitative estimate of drug-likeness (QED) is 0.158. The molecule has 2 rings (SSSR count). The predicted molar refractivity (Wildman–Crippen MR) is 149 cm³/mol. The molecule has 0 amide bonds. The van der Waals surface area contributed by atoms with E-state index in [4.69, 9.17) is 0 Å². The number of aromatic nitrogens is 2. The summed E-state index contributed by atoms with van der Waals surface area (Å²) in [5, 5.41) is 0. The van der Waals surface area contributed by atoms with Crippen molar-refractivity contribution >= 4 is 0 Å². The third-order valence-corrected chi connectivity index (χ3v) is 7.57. The van der Waals surface area contributed by atoms with Crippen molar-refractivity contribution in [3.05, 3.63) is 54.6 Å². The topological polar surface area (TPSA) is 17.8 Å². The lowest BCUT2D eigenvalue weighted by Gasteiger charge is -2.29. The van der Waals surface area contributed by atoms with E-state index in [0.717, 1.165) is 0 Å². The van der Waals surface area contributed by atoms with E-state index in [9.17, 15) is 0 Å². The number of hydrogen-bond acceptors (Lipinski definition) is 1. The van der Waals surface area contributed by atoms with Gasteiger partial charge in [-0.25, -0.2) is 4.98 Å². The number of benzene rings is 1. The summed E-state index contributed by atoms with van der Waals surface area (Å²) >= 11 is 0. The number of unbranched alkanes of at least 4 members (excludes halogenated alkanes) is 14. The Balaban J connectivity index is 1.77. The van der Waals surface area contributed by atoms with E-state index in [1.807, 2.05) is 6.20 Å². The van der Waals surface area contributed by atoms with Gasteiger partial charge in [-0.3, -0.25) is 0 Å². The van der Waals surface area contributed by atoms with Crippen molar-refractivity contribution in [3.63, 3.8) is 0 Å². The Kier molecular flexibility index (Phi) is 16.6. The number of imidazole rings is 1. The Hall–Kier alpha value is -1.57. The molecule has 2 unspecified atom stereocenters. The van der Waals surface area contributed by atoms with Gasteiger partial charge in [-0.15, -0.1) is 0 Å². The van der Waals surface area contributed by atoms with Gasteiger partial charge in [-0.1, -0.05) is 147 Å². The first-order chi connectivity index (χ1) is 16.8. The summed E-state index contributed by atoms with van der Waals surface area (Å²) in [5.74, 6) is 0.696. The highest BCUT2D eigenvalue weighted by Gasteiger charge is 2.22. The lowest BCUT2D eigenvalue weighted by atomic mass is 9.84. The molecule has 34 heavy (non-hydrogen) atoms. The zero-order valence-corrected chi connectivity index (χ0v) is 22.6. The monoisotopic (exact) mass is 466 g/mol. The standard InChI is InChI=1S/C32H54N2/c1-3-5-7-9-10-11-12-13-14-15-16-20-24-31(28-30-22-18-17-19-23-30)32(25-21-8-6-4-2)34-27-26-33-29-34/h17-19,22-23,26-27,29,31-32H,3-16,20-21,24-25,28H2,1-2H3. The van der Waals surface area contributed by atoms with Crippen LogP contribution in [0.1, 0.15) is 141 Å². The Bertz CT molecular complexity index is 664. The van der Waals surface area contributed by atoms with E-state index in [1.165, 1.54) is 128 Å². The van der Waals surface area contributed by atoms with E-state index >= 15 is 0 Å². The van der Waals surface area contributed by atoms with Gasteiger partial charge in [-0.2, -0.15) is 0 Å². The SMILES string of the molecule is CCCCCCCCCCCCCCC(Cc1ccccc1)C(CCCCCC)n1ccnc1. The summed E-state index contributed by atoms with van der Waals surface area (Å²) in [6.07, 6.45) is 32.5. The smallest absolute Gasteiger partial charge is 0.0948 e. The molecule has 1 aromatic heterocycles. The van der Waals surface area contributed by atoms with Crippen molar-refractivity contribution in [1.29, 1.82) is 0 Å². The summed E-state index contributed by atoms with van der Waals surface area (Å²) < 4.78 is 2.42. The molecule has 0 saturated carbocycles. The average molecular weight is 467 g/mol. The molecule has 2 heteroatoms. The molecule has 0 fully saturated rings. The van der Waals surface area contributed by atoms with Crippen molar-refractivity contribution in [2.24, 2.45) is 5.92 Å². The second-order valence-corrected chi connectivity index (χ2v) is 10.6. The predicted octanol–water partition coefficient (Wildman–Crippen LogP) is 10.3. The molecule has 1 heterocycles. The third-order valence-electron chi connectivity index (χ3n) is 7.57. The molecule has 0 N–H and O–H groups in total. The minimum absolute atomic E-state index is 0.576. The van der Waals surface area contributed by atoms with Crippen molar-refractivity contribution in [3.8, 4) is 0 Å². The highest BCUT2D eigenvalue weighted by Crippen LogP contribution is 2.32. The van der Waals surface area contributed by atoms with Gasteiger partial charge in [0.1, 0.15) is 0 Å². The fourth-order valence-electron chi connectivity index (χ4n) is 5.47. The molecule has 0 aliphatic rings. The first-order valence-corrected chi connectivity index (χ1v) is 14.9. The van der Waals surface area contributed by atoms with Crippen LogP contribution in [0.4, 0.5) is 0 Å². The van der Waals surface area contributed by atoms with Gasteiger partial charge in [0.25, 0.3) is 0 Å². The Morgan fingerprint density at radius 3 is 1.74 bits per heavy atom. The maximum absolute atomic E-state index is 4.41. The Morgan fingerprint density at radius 2 is 1.18 bits per heavy atom. The first-order valence-electron chi connectivity index (χ1n) is 14.9. The summed E-state index contributed by atoms with van der Waals surface area (Å²) in [7, 11) is 0. The molecule has 0 saturated heterocycles. The Morgan fingerprint density at radius 1 is 0.647 bits per heavy atom. The van der Waals surface area contributed by atoms with Crippen LogP contribution in [-0.4, -0.2) is 9.55 Å². The van der Waals surface area contributed by atoms with Gasteiger partial charge < -0.3 is 4.57 Å². The second-order valence-electron chi connectivity index (χ2n) is 10.6. The van der Waals surface area contributed by atoms with Crippen molar-refractivity contribution in [1.82, 2.24) is 9.55 Å². The summed E-state index contributed by atoms with van der Waals surface area (Å²) in [6.45, 7) is 4.61. The first kappa shape index (κ1) is 28.7. The molecule has 192 valence electrons. The minimum Gasteiger partial charge on any atom is -0.334 e. The van der Waals surface area contributed by atoms with Crippen molar-refractivity contribution in [2.45, 2.75) is 142 Å². The lowest BCUT2D eigenvalue weighted by molar-refractivity contribution is 0.275. The molecule has 2 aromatic rings. The number of rotatable bonds is 22. The molecular formula is C32H54N2. The van der Waals surface area contributed by atoms with Crippen molar-refractivity contribution < 1.29 is 0 Å². The van der Waals surface area contributed by atoms with Crippen LogP contribution in [0.25, 0.3) is 0 Å². The summed E-state index contributed by atoms with van der Waals surface area (Å²) in [6, 6.07) is 11.7. The maximum Gasteiger partial charge on any atom is 0.0948 e. The van der Waals surface area contributed by atoms with Gasteiger partial charge in [0, 0.05) is 18.4 Å². The molecule has 2 nitrogen and oxygen atoms in total. The minimum atomic E-state index is 0.576. The van der Waals surface area contributed by atoms with Gasteiger partial charge in [-0.05, 0) is 30.7 Å². The molecule has 0 bridgehead atoms. The average Bonchev–Trinajstić information content (AvgIpc) is 3.39. The highest BCUT2D eigenvalue weighted by molar-refractivity contribution is 5.15. The van der Waals surface area contributed by atoms with Crippen LogP contribution in [0.2, 0.25) is 0 Å². The van der Waals surface area contributed by atoms with E-state index in [2.05, 4.69) is 66.3 Å². The lowest BCUT2D eigenvalue weighted by Crippen LogP contribution is -2.21. The van der Waals surface area contributed by atoms with E-state index in [1.54, 1.807) is 0 Å². The normalized spacial score (nSPS) is 13.2. The van der Waals surface area contributed by atoms with Gasteiger partial charge in [0.2, 0.25) is 0 Å². The second kappa shape index (κ2) is 19.7. The van der Waals surface area contributed by atoms with Crippen LogP contribution in [0, 0.1) is 5.92 Å². The van der Waals surface area contributed by atoms with Gasteiger partial charge >= 0.3 is 0 Å². The zero-order chi connectivity index (χ0) is 24.1. The molecule has 0 aliphatic heterocycles. The molecule has 1 aromatic carbocycles. The number of nitrogens with zero attached hydrogens (tertiary/aromatic N) is 2. The fraction of sp³-hybridized carbons (Fsp3) is 0.719. The largest absolute Gasteiger partial charge is 0.334 e. The maximum atomic E-state index is 4.41. The van der Waals surface area contributed by atoms with Crippen molar-refractivity contribution in [2.75, 3.05) is 0 Å². The molecule has 2 atom stereocenters. The Labute approximate surface area is 212 Å². The van der Waals surface area contributed by atoms with Crippen LogP contribution < -0.4 is 0 Å². The summed E-state index contributed by atoms with van der Waals surface area (Å²) in [4.78, 5) is 4.41. The molecular weight excluding hydrogens is 412 g/mol. The zero-order valence-electron chi connectivity index (χ0n) is 22.6. The van der Waals surface area contributed by atoms with Crippen LogP contribution in [0.15, 0.2) is 49.1 Å². The number of hydrogen-bond donors (Lipinski definition) is 0. The van der Waals surface area contributed by atoms with Gasteiger partial charge in [0.05, 0.1) is 6.33 Å². The molecule has 0 aliphatic carbocycles. The van der Waals surface area contributed by atoms with E-state index in [-0.39, 0.29) is 0 Å². The van der Waals surface area contributed by atoms with E-state index in [0.29, 0.717) is 12.0 Å². The van der Waals surface area contributed by atoms with Gasteiger partial charge in [0.15, 0.2) is 0 Å². The van der Waals surface area contributed by atoms with Crippen LogP contribution >= 0.6 is 0 Å². The fourth-order valence-corrected chi connectivity index (χ4v) is 5.47. The summed E-state index contributed by atoms with van der Waals surface area (Å²) in [5.41, 5.74) is 1.49. The van der Waals surface area contributed by atoms with E-state index < -0.39 is 0 Å². The van der Waals surface area contributed by atoms with Crippen LogP contribution in [-0.2, 0) is 6.42 Å². The molecule has 0 radical (unpaired) electrons. The highest BCUT2D eigenvalue weighted by atomic mass is 15.1. The third kappa shape index (κ3) is 12.8. The molecule has 0 spiro atoms.